The molecule has 0 unspecified atom stereocenters. The molecule has 156 valence electrons. The Bertz CT molecular complexity index is 1140. The zero-order chi connectivity index (χ0) is 21.5. The zero-order valence-electron chi connectivity index (χ0n) is 17.2. The van der Waals surface area contributed by atoms with E-state index >= 15 is 0 Å². The lowest BCUT2D eigenvalue weighted by atomic mass is 10.1. The van der Waals surface area contributed by atoms with Crippen LogP contribution in [0.4, 0.5) is 5.69 Å². The molecule has 3 N–H and O–H groups in total. The number of rotatable bonds is 8. The number of anilines is 1. The van der Waals surface area contributed by atoms with Crippen LogP contribution in [-0.2, 0) is 6.42 Å². The maximum Gasteiger partial charge on any atom is 0.257 e. The first kappa shape index (κ1) is 20.7. The first-order chi connectivity index (χ1) is 15.2. The van der Waals surface area contributed by atoms with Gasteiger partial charge in [0.1, 0.15) is 0 Å². The highest BCUT2D eigenvalue weighted by Crippen LogP contribution is 2.18. The molecule has 31 heavy (non-hydrogen) atoms. The molecule has 3 aromatic carbocycles. The molecule has 0 bridgehead atoms. The number of aliphatic hydroxyl groups is 1. The monoisotopic (exact) mass is 411 g/mol. The Morgan fingerprint density at radius 1 is 0.903 bits per heavy atom. The minimum Gasteiger partial charge on any atom is -0.387 e. The van der Waals surface area contributed by atoms with Crippen LogP contribution in [0.3, 0.4) is 0 Å². The van der Waals surface area contributed by atoms with E-state index in [1.54, 1.807) is 12.3 Å². The lowest BCUT2D eigenvalue weighted by molar-refractivity contribution is 0.102. The van der Waals surface area contributed by atoms with Gasteiger partial charge in [0.15, 0.2) is 0 Å². The average Bonchev–Trinajstić information content (AvgIpc) is 2.83. The number of aliphatic hydroxyl groups excluding tert-OH is 1. The highest BCUT2D eigenvalue weighted by Gasteiger charge is 2.11. The van der Waals surface area contributed by atoms with Gasteiger partial charge in [0.05, 0.1) is 17.2 Å². The predicted octanol–water partition coefficient (Wildman–Crippen LogP) is 4.35. The summed E-state index contributed by atoms with van der Waals surface area (Å²) >= 11 is 0. The van der Waals surface area contributed by atoms with Crippen molar-refractivity contribution in [2.24, 2.45) is 0 Å². The van der Waals surface area contributed by atoms with Gasteiger partial charge < -0.3 is 15.7 Å². The number of amides is 1. The summed E-state index contributed by atoms with van der Waals surface area (Å²) in [6.07, 6.45) is 2.02. The minimum absolute atomic E-state index is 0.173. The third-order valence-electron chi connectivity index (χ3n) is 5.20. The van der Waals surface area contributed by atoms with Crippen LogP contribution in [0, 0.1) is 0 Å². The molecule has 0 saturated heterocycles. The molecule has 0 saturated carbocycles. The van der Waals surface area contributed by atoms with Gasteiger partial charge in [0.25, 0.3) is 5.91 Å². The van der Waals surface area contributed by atoms with E-state index in [1.807, 2.05) is 78.9 Å². The summed E-state index contributed by atoms with van der Waals surface area (Å²) in [6, 6.07) is 26.9. The lowest BCUT2D eigenvalue weighted by Crippen LogP contribution is -2.23. The number of para-hydroxylation sites is 1. The Morgan fingerprint density at radius 2 is 1.68 bits per heavy atom. The number of nitrogens with zero attached hydrogens (tertiary/aromatic N) is 1. The van der Waals surface area contributed by atoms with E-state index in [1.165, 1.54) is 0 Å². The van der Waals surface area contributed by atoms with E-state index < -0.39 is 6.10 Å². The molecule has 1 amide bonds. The Balaban J connectivity index is 1.28. The van der Waals surface area contributed by atoms with Crippen LogP contribution in [-0.4, -0.2) is 29.1 Å². The Labute approximate surface area is 181 Å². The van der Waals surface area contributed by atoms with Gasteiger partial charge in [-0.3, -0.25) is 9.78 Å². The summed E-state index contributed by atoms with van der Waals surface area (Å²) in [4.78, 5) is 17.1. The summed E-state index contributed by atoms with van der Waals surface area (Å²) in [5.74, 6) is -0.173. The number of aromatic nitrogens is 1. The topological polar surface area (TPSA) is 74.2 Å². The van der Waals surface area contributed by atoms with Crippen LogP contribution in [0.25, 0.3) is 10.9 Å². The maximum atomic E-state index is 12.7. The third kappa shape index (κ3) is 5.34. The first-order valence-corrected chi connectivity index (χ1v) is 10.4. The number of hydrogen-bond acceptors (Lipinski definition) is 4. The molecule has 5 heteroatoms. The largest absolute Gasteiger partial charge is 0.387 e. The van der Waals surface area contributed by atoms with Gasteiger partial charge in [-0.25, -0.2) is 0 Å². The molecule has 4 aromatic rings. The standard InChI is InChI=1S/C26H25N3O2/c30-24(20-6-2-1-3-7-20)18-27-17-15-19-11-13-22(14-12-19)29-26(31)23-10-4-8-21-9-5-16-28-25(21)23/h1-14,16,24,27,30H,15,17-18H2,(H,29,31)/t24-/m0/s1. The van der Waals surface area contributed by atoms with Crippen molar-refractivity contribution in [2.45, 2.75) is 12.5 Å². The molecule has 0 radical (unpaired) electrons. The second-order valence-electron chi connectivity index (χ2n) is 7.41. The number of fused-ring (bicyclic) bond motifs is 1. The van der Waals surface area contributed by atoms with E-state index in [0.717, 1.165) is 35.2 Å². The van der Waals surface area contributed by atoms with Crippen LogP contribution in [0.15, 0.2) is 91.1 Å². The van der Waals surface area contributed by atoms with Crippen molar-refractivity contribution in [3.63, 3.8) is 0 Å². The van der Waals surface area contributed by atoms with Crippen molar-refractivity contribution in [2.75, 3.05) is 18.4 Å². The van der Waals surface area contributed by atoms with Crippen molar-refractivity contribution in [1.29, 1.82) is 0 Å². The molecule has 1 aromatic heterocycles. The molecular formula is C26H25N3O2. The molecule has 0 aliphatic carbocycles. The van der Waals surface area contributed by atoms with Crippen LogP contribution < -0.4 is 10.6 Å². The minimum atomic E-state index is -0.512. The number of nitrogens with one attached hydrogen (secondary N) is 2. The number of benzene rings is 3. The summed E-state index contributed by atoms with van der Waals surface area (Å²) in [6.45, 7) is 1.27. The van der Waals surface area contributed by atoms with Gasteiger partial charge in [0.2, 0.25) is 0 Å². The molecule has 1 heterocycles. The van der Waals surface area contributed by atoms with Crippen molar-refractivity contribution >= 4 is 22.5 Å². The summed E-state index contributed by atoms with van der Waals surface area (Å²) in [5.41, 5.74) is 4.07. The van der Waals surface area contributed by atoms with E-state index in [0.29, 0.717) is 17.6 Å². The van der Waals surface area contributed by atoms with Gasteiger partial charge in [-0.2, -0.15) is 0 Å². The normalized spacial score (nSPS) is 11.9. The van der Waals surface area contributed by atoms with Crippen LogP contribution in [0.2, 0.25) is 0 Å². The number of carbonyl (C=O) groups excluding carboxylic acids is 1. The number of carbonyl (C=O) groups is 1. The van der Waals surface area contributed by atoms with Crippen LogP contribution >= 0.6 is 0 Å². The van der Waals surface area contributed by atoms with Crippen molar-refractivity contribution in [3.05, 3.63) is 108 Å². The fourth-order valence-corrected chi connectivity index (χ4v) is 3.51. The average molecular weight is 412 g/mol. The van der Waals surface area contributed by atoms with E-state index in [-0.39, 0.29) is 5.91 Å². The highest BCUT2D eigenvalue weighted by atomic mass is 16.3. The quantitative estimate of drug-likeness (QED) is 0.377. The van der Waals surface area contributed by atoms with Crippen molar-refractivity contribution in [1.82, 2.24) is 10.3 Å². The smallest absolute Gasteiger partial charge is 0.257 e. The Morgan fingerprint density at radius 3 is 2.48 bits per heavy atom. The molecule has 5 nitrogen and oxygen atoms in total. The first-order valence-electron chi connectivity index (χ1n) is 10.4. The summed E-state index contributed by atoms with van der Waals surface area (Å²) in [5, 5.41) is 17.4. The second kappa shape index (κ2) is 9.98. The van der Waals surface area contributed by atoms with E-state index in [9.17, 15) is 9.90 Å². The second-order valence-corrected chi connectivity index (χ2v) is 7.41. The molecule has 0 spiro atoms. The third-order valence-corrected chi connectivity index (χ3v) is 5.20. The van der Waals surface area contributed by atoms with Gasteiger partial charge in [-0.1, -0.05) is 60.7 Å². The predicted molar refractivity (Wildman–Crippen MR) is 124 cm³/mol. The van der Waals surface area contributed by atoms with Gasteiger partial charge in [-0.05, 0) is 48.4 Å². The number of pyridine rings is 1. The summed E-state index contributed by atoms with van der Waals surface area (Å²) < 4.78 is 0. The van der Waals surface area contributed by atoms with E-state index in [4.69, 9.17) is 0 Å². The molecule has 4 rings (SSSR count). The van der Waals surface area contributed by atoms with Gasteiger partial charge in [0, 0.05) is 23.8 Å². The molecule has 0 fully saturated rings. The van der Waals surface area contributed by atoms with Crippen LogP contribution in [0.1, 0.15) is 27.6 Å². The van der Waals surface area contributed by atoms with Gasteiger partial charge in [-0.15, -0.1) is 0 Å². The molecular weight excluding hydrogens is 386 g/mol. The van der Waals surface area contributed by atoms with Crippen molar-refractivity contribution < 1.29 is 9.90 Å². The fourth-order valence-electron chi connectivity index (χ4n) is 3.51. The highest BCUT2D eigenvalue weighted by molar-refractivity contribution is 6.11. The van der Waals surface area contributed by atoms with Crippen molar-refractivity contribution in [3.8, 4) is 0 Å². The lowest BCUT2D eigenvalue weighted by Gasteiger charge is -2.12. The van der Waals surface area contributed by atoms with Gasteiger partial charge >= 0.3 is 0 Å². The number of hydrogen-bond donors (Lipinski definition) is 3. The molecule has 0 aliphatic rings. The fraction of sp³-hybridized carbons (Fsp3) is 0.154. The van der Waals surface area contributed by atoms with Crippen LogP contribution in [0.5, 0.6) is 0 Å². The molecule has 0 aliphatic heterocycles. The Kier molecular flexibility index (Phi) is 6.67. The summed E-state index contributed by atoms with van der Waals surface area (Å²) in [7, 11) is 0. The SMILES string of the molecule is O=C(Nc1ccc(CCNC[C@H](O)c2ccccc2)cc1)c1cccc2cccnc12. The molecule has 1 atom stereocenters. The zero-order valence-corrected chi connectivity index (χ0v) is 17.2. The maximum absolute atomic E-state index is 12.7. The van der Waals surface area contributed by atoms with E-state index in [2.05, 4.69) is 15.6 Å². The Hall–Kier alpha value is -3.54.